The lowest BCUT2D eigenvalue weighted by Crippen LogP contribution is -2.28. The first kappa shape index (κ1) is 17.3. The molecule has 5 nitrogen and oxygen atoms in total. The molecule has 2 aromatic rings. The Morgan fingerprint density at radius 3 is 2.42 bits per heavy atom. The molecule has 3 rings (SSSR count). The normalized spacial score (nSPS) is 16.7. The van der Waals surface area contributed by atoms with E-state index in [1.165, 1.54) is 0 Å². The fourth-order valence-electron chi connectivity index (χ4n) is 3.12. The number of hydrogen-bond donors (Lipinski definition) is 2. The lowest BCUT2D eigenvalue weighted by atomic mass is 9.81. The monoisotopic (exact) mass is 345 g/mol. The summed E-state index contributed by atoms with van der Waals surface area (Å²) in [6.45, 7) is 3.63. The average Bonchev–Trinajstić information content (AvgIpc) is 2.62. The molecule has 0 aromatic heterocycles. The van der Waals surface area contributed by atoms with E-state index in [2.05, 4.69) is 11.4 Å². The van der Waals surface area contributed by atoms with Gasteiger partial charge in [0.1, 0.15) is 17.4 Å². The number of anilines is 1. The van der Waals surface area contributed by atoms with Gasteiger partial charge in [0.2, 0.25) is 5.88 Å². The van der Waals surface area contributed by atoms with Gasteiger partial charge >= 0.3 is 0 Å². The summed E-state index contributed by atoms with van der Waals surface area (Å²) in [5, 5.41) is 12.5. The second kappa shape index (κ2) is 7.16. The smallest absolute Gasteiger partial charge is 0.255 e. The number of ether oxygens (including phenoxy) is 1. The second-order valence-corrected chi connectivity index (χ2v) is 6.07. The van der Waals surface area contributed by atoms with Gasteiger partial charge in [-0.2, -0.15) is 5.26 Å². The number of para-hydroxylation sites is 1. The number of nitrogens with two attached hydrogens (primary N) is 1. The largest absolute Gasteiger partial charge is 0.445 e. The maximum Gasteiger partial charge on any atom is 0.255 e. The third kappa shape index (κ3) is 3.17. The molecule has 26 heavy (non-hydrogen) atoms. The van der Waals surface area contributed by atoms with Crippen molar-refractivity contribution < 1.29 is 9.53 Å². The maximum absolute atomic E-state index is 13.0. The number of allylic oxidation sites excluding steroid dienone is 2. The van der Waals surface area contributed by atoms with Crippen LogP contribution >= 0.6 is 0 Å². The molecule has 0 bridgehead atoms. The van der Waals surface area contributed by atoms with Gasteiger partial charge in [0, 0.05) is 5.69 Å². The summed E-state index contributed by atoms with van der Waals surface area (Å²) < 4.78 is 5.51. The predicted octanol–water partition coefficient (Wildman–Crippen LogP) is 3.72. The number of benzene rings is 2. The van der Waals surface area contributed by atoms with Crippen molar-refractivity contribution in [3.05, 3.63) is 88.5 Å². The van der Waals surface area contributed by atoms with Crippen molar-refractivity contribution in [2.75, 3.05) is 5.32 Å². The zero-order chi connectivity index (χ0) is 18.7. The molecule has 5 heteroatoms. The topological polar surface area (TPSA) is 88.1 Å². The Morgan fingerprint density at radius 2 is 1.77 bits per heavy atom. The minimum atomic E-state index is -0.571. The van der Waals surface area contributed by atoms with E-state index in [9.17, 15) is 10.1 Å². The molecule has 0 aliphatic carbocycles. The highest BCUT2D eigenvalue weighted by Gasteiger charge is 2.36. The number of hydrogen-bond acceptors (Lipinski definition) is 4. The molecule has 130 valence electrons. The van der Waals surface area contributed by atoms with Crippen LogP contribution in [0.4, 0.5) is 5.69 Å². The Kier molecular flexibility index (Phi) is 4.76. The quantitative estimate of drug-likeness (QED) is 0.887. The zero-order valence-electron chi connectivity index (χ0n) is 14.6. The van der Waals surface area contributed by atoms with Crippen molar-refractivity contribution in [2.24, 2.45) is 5.73 Å². The van der Waals surface area contributed by atoms with Crippen molar-refractivity contribution in [3.8, 4) is 6.07 Å². The summed E-state index contributed by atoms with van der Waals surface area (Å²) in [4.78, 5) is 13.0. The van der Waals surface area contributed by atoms with Crippen LogP contribution in [0.5, 0.6) is 0 Å². The van der Waals surface area contributed by atoms with Crippen LogP contribution in [-0.2, 0) is 9.53 Å². The van der Waals surface area contributed by atoms with Crippen LogP contribution in [0.25, 0.3) is 0 Å². The Balaban J connectivity index is 2.09. The van der Waals surface area contributed by atoms with Crippen LogP contribution in [0.15, 0.2) is 77.4 Å². The number of nitrogens with zero attached hydrogens (tertiary/aromatic N) is 1. The number of rotatable bonds is 3. The highest BCUT2D eigenvalue weighted by atomic mass is 16.5. The van der Waals surface area contributed by atoms with Gasteiger partial charge in [0.05, 0.1) is 11.5 Å². The van der Waals surface area contributed by atoms with Crippen molar-refractivity contribution >= 4 is 11.6 Å². The van der Waals surface area contributed by atoms with Gasteiger partial charge in [-0.1, -0.05) is 42.5 Å². The highest BCUT2D eigenvalue weighted by Crippen LogP contribution is 2.40. The SMILES string of the molecule is CC1=C(C(=O)Nc2ccccc2)[C@H](c2ccccc2C)C(C#N)=C(N)O1. The molecule has 1 aliphatic rings. The van der Waals surface area contributed by atoms with Crippen LogP contribution < -0.4 is 11.1 Å². The van der Waals surface area contributed by atoms with Crippen molar-refractivity contribution in [2.45, 2.75) is 19.8 Å². The average molecular weight is 345 g/mol. The van der Waals surface area contributed by atoms with E-state index in [0.29, 0.717) is 17.0 Å². The Labute approximate surface area is 152 Å². The standard InChI is InChI=1S/C21H19N3O2/c1-13-8-6-7-11-16(13)19-17(12-22)20(23)26-14(2)18(19)21(25)24-15-9-4-3-5-10-15/h3-11,19H,23H2,1-2H3,(H,24,25)/t19-/m1/s1. The van der Waals surface area contributed by atoms with Crippen molar-refractivity contribution in [3.63, 3.8) is 0 Å². The van der Waals surface area contributed by atoms with E-state index < -0.39 is 5.92 Å². The number of carbonyl (C=O) groups excluding carboxylic acids is 1. The van der Waals surface area contributed by atoms with Crippen molar-refractivity contribution in [1.29, 1.82) is 5.26 Å². The molecule has 0 spiro atoms. The van der Waals surface area contributed by atoms with E-state index in [4.69, 9.17) is 10.5 Å². The van der Waals surface area contributed by atoms with Crippen molar-refractivity contribution in [1.82, 2.24) is 0 Å². The van der Waals surface area contributed by atoms with E-state index in [1.54, 1.807) is 19.1 Å². The van der Waals surface area contributed by atoms with Crippen LogP contribution in [0, 0.1) is 18.3 Å². The Bertz CT molecular complexity index is 953. The number of nitrogens with one attached hydrogen (secondary N) is 1. The summed E-state index contributed by atoms with van der Waals surface area (Å²) in [6.07, 6.45) is 0. The zero-order valence-corrected chi connectivity index (χ0v) is 14.6. The second-order valence-electron chi connectivity index (χ2n) is 6.07. The molecule has 1 atom stereocenters. The number of carbonyl (C=O) groups is 1. The number of nitriles is 1. The minimum Gasteiger partial charge on any atom is -0.445 e. The lowest BCUT2D eigenvalue weighted by molar-refractivity contribution is -0.113. The minimum absolute atomic E-state index is 0.0366. The Hall–Kier alpha value is -3.52. The Morgan fingerprint density at radius 1 is 1.12 bits per heavy atom. The first-order valence-corrected chi connectivity index (χ1v) is 8.23. The van der Waals surface area contributed by atoms with Gasteiger partial charge in [-0.15, -0.1) is 0 Å². The summed E-state index contributed by atoms with van der Waals surface area (Å²) >= 11 is 0. The first-order chi connectivity index (χ1) is 12.5. The van der Waals surface area contributed by atoms with Gasteiger partial charge in [0.15, 0.2) is 0 Å². The molecule has 1 amide bonds. The number of aryl methyl sites for hydroxylation is 1. The summed E-state index contributed by atoms with van der Waals surface area (Å²) in [5.41, 5.74) is 9.06. The summed E-state index contributed by atoms with van der Waals surface area (Å²) in [6, 6.07) is 18.9. The fraction of sp³-hybridized carbons (Fsp3) is 0.143. The summed E-state index contributed by atoms with van der Waals surface area (Å²) in [7, 11) is 0. The third-order valence-electron chi connectivity index (χ3n) is 4.38. The molecule has 0 saturated carbocycles. The molecule has 1 heterocycles. The van der Waals surface area contributed by atoms with Gasteiger partial charge in [-0.25, -0.2) is 0 Å². The van der Waals surface area contributed by atoms with Crippen LogP contribution in [0.3, 0.4) is 0 Å². The lowest BCUT2D eigenvalue weighted by Gasteiger charge is -2.28. The van der Waals surface area contributed by atoms with Gasteiger partial charge in [0.25, 0.3) is 5.91 Å². The van der Waals surface area contributed by atoms with Gasteiger partial charge < -0.3 is 15.8 Å². The predicted molar refractivity (Wildman–Crippen MR) is 99.6 cm³/mol. The fourth-order valence-corrected chi connectivity index (χ4v) is 3.12. The van der Waals surface area contributed by atoms with Crippen LogP contribution in [0.2, 0.25) is 0 Å². The molecule has 0 saturated heterocycles. The molecule has 2 aromatic carbocycles. The molecular formula is C21H19N3O2. The molecule has 1 aliphatic heterocycles. The van der Waals surface area contributed by atoms with Crippen LogP contribution in [-0.4, -0.2) is 5.91 Å². The third-order valence-corrected chi connectivity index (χ3v) is 4.38. The van der Waals surface area contributed by atoms with Crippen LogP contribution in [0.1, 0.15) is 24.0 Å². The van der Waals surface area contributed by atoms with E-state index in [-0.39, 0.29) is 17.4 Å². The molecule has 0 unspecified atom stereocenters. The summed E-state index contributed by atoms with van der Waals surface area (Å²) in [5.74, 6) is -0.460. The number of amides is 1. The highest BCUT2D eigenvalue weighted by molar-refractivity contribution is 6.06. The van der Waals surface area contributed by atoms with Gasteiger partial charge in [-0.3, -0.25) is 4.79 Å². The van der Waals surface area contributed by atoms with E-state index in [0.717, 1.165) is 11.1 Å². The first-order valence-electron chi connectivity index (χ1n) is 8.23. The molecular weight excluding hydrogens is 326 g/mol. The van der Waals surface area contributed by atoms with Gasteiger partial charge in [-0.05, 0) is 37.1 Å². The van der Waals surface area contributed by atoms with E-state index in [1.807, 2.05) is 49.4 Å². The molecule has 0 radical (unpaired) electrons. The maximum atomic E-state index is 13.0. The molecule has 3 N–H and O–H groups in total. The molecule has 0 fully saturated rings. The van der Waals surface area contributed by atoms with E-state index >= 15 is 0 Å².